The fourth-order valence-corrected chi connectivity index (χ4v) is 2.83. The lowest BCUT2D eigenvalue weighted by atomic mass is 10.0. The van der Waals surface area contributed by atoms with Crippen LogP contribution in [-0.2, 0) is 4.79 Å². The van der Waals surface area contributed by atoms with Crippen LogP contribution in [0.3, 0.4) is 0 Å². The van der Waals surface area contributed by atoms with E-state index in [4.69, 9.17) is 9.84 Å². The van der Waals surface area contributed by atoms with Crippen LogP contribution in [-0.4, -0.2) is 31.3 Å². The average molecular weight is 263 g/mol. The minimum absolute atomic E-state index is 0.114. The van der Waals surface area contributed by atoms with E-state index in [-0.39, 0.29) is 12.0 Å². The lowest BCUT2D eigenvalue weighted by Crippen LogP contribution is -2.25. The van der Waals surface area contributed by atoms with Crippen LogP contribution in [0.2, 0.25) is 0 Å². The largest absolute Gasteiger partial charge is 0.496 e. The number of carboxylic acids is 1. The maximum Gasteiger partial charge on any atom is 0.308 e. The number of ether oxygens (including phenoxy) is 1. The molecular formula is C15H21NO3. The fraction of sp³-hybridized carbons (Fsp3) is 0.533. The molecule has 1 aliphatic rings. The number of aryl methyl sites for hydroxylation is 1. The van der Waals surface area contributed by atoms with Crippen molar-refractivity contribution in [1.82, 2.24) is 0 Å². The van der Waals surface area contributed by atoms with E-state index in [1.54, 1.807) is 7.11 Å². The number of carboxylic acid groups (broad SMARTS) is 1. The Morgan fingerprint density at radius 2 is 2.00 bits per heavy atom. The van der Waals surface area contributed by atoms with E-state index in [1.165, 1.54) is 0 Å². The first-order valence-corrected chi connectivity index (χ1v) is 6.48. The van der Waals surface area contributed by atoms with Crippen molar-refractivity contribution in [3.8, 4) is 5.75 Å². The summed E-state index contributed by atoms with van der Waals surface area (Å²) in [5.41, 5.74) is 4.53. The van der Waals surface area contributed by atoms with Crippen molar-refractivity contribution in [3.05, 3.63) is 22.8 Å². The quantitative estimate of drug-likeness (QED) is 0.907. The molecule has 0 saturated heterocycles. The number of carbonyl (C=O) groups is 1. The second-order valence-electron chi connectivity index (χ2n) is 5.35. The van der Waals surface area contributed by atoms with Gasteiger partial charge < -0.3 is 14.7 Å². The molecule has 104 valence electrons. The van der Waals surface area contributed by atoms with E-state index in [1.807, 2.05) is 27.0 Å². The number of hydrogen-bond acceptors (Lipinski definition) is 3. The molecule has 0 spiro atoms. The van der Waals surface area contributed by atoms with Gasteiger partial charge in [0.25, 0.3) is 0 Å². The Labute approximate surface area is 114 Å². The van der Waals surface area contributed by atoms with Crippen LogP contribution >= 0.6 is 0 Å². The molecule has 2 unspecified atom stereocenters. The standard InChI is InChI=1S/C15H21NO3/c1-8-6-13(19-5)9(2)10(3)14(8)16(4)12-7-11(12)15(17)18/h6,11-12H,7H2,1-5H3,(H,17,18). The Bertz CT molecular complexity index is 525. The third-order valence-corrected chi connectivity index (χ3v) is 4.15. The molecular weight excluding hydrogens is 242 g/mol. The van der Waals surface area contributed by atoms with E-state index in [0.29, 0.717) is 0 Å². The molecule has 0 radical (unpaired) electrons. The summed E-state index contributed by atoms with van der Waals surface area (Å²) in [5.74, 6) is -0.0404. The zero-order valence-corrected chi connectivity index (χ0v) is 12.2. The van der Waals surface area contributed by atoms with Gasteiger partial charge in [-0.2, -0.15) is 0 Å². The molecule has 1 N–H and O–H groups in total. The monoisotopic (exact) mass is 263 g/mol. The first-order valence-electron chi connectivity index (χ1n) is 6.48. The molecule has 1 aliphatic carbocycles. The van der Waals surface area contributed by atoms with Gasteiger partial charge in [-0.05, 0) is 49.9 Å². The van der Waals surface area contributed by atoms with Crippen LogP contribution in [0.25, 0.3) is 0 Å². The van der Waals surface area contributed by atoms with Gasteiger partial charge in [-0.3, -0.25) is 4.79 Å². The third-order valence-electron chi connectivity index (χ3n) is 4.15. The molecule has 2 rings (SSSR count). The third kappa shape index (κ3) is 2.27. The zero-order valence-electron chi connectivity index (χ0n) is 12.2. The van der Waals surface area contributed by atoms with Crippen molar-refractivity contribution in [1.29, 1.82) is 0 Å². The summed E-state index contributed by atoms with van der Waals surface area (Å²) in [6.45, 7) is 6.14. The molecule has 4 heteroatoms. The first-order chi connectivity index (χ1) is 8.88. The van der Waals surface area contributed by atoms with E-state index in [9.17, 15) is 4.79 Å². The summed E-state index contributed by atoms with van der Waals surface area (Å²) in [6, 6.07) is 2.13. The van der Waals surface area contributed by atoms with Crippen LogP contribution in [0.15, 0.2) is 6.07 Å². The average Bonchev–Trinajstić information content (AvgIpc) is 3.13. The highest BCUT2D eigenvalue weighted by atomic mass is 16.5. The van der Waals surface area contributed by atoms with Crippen LogP contribution in [0, 0.1) is 26.7 Å². The number of rotatable bonds is 4. The Kier molecular flexibility index (Phi) is 3.43. The minimum Gasteiger partial charge on any atom is -0.496 e. The molecule has 1 fully saturated rings. The smallest absolute Gasteiger partial charge is 0.308 e. The lowest BCUT2D eigenvalue weighted by Gasteiger charge is -2.26. The van der Waals surface area contributed by atoms with Crippen molar-refractivity contribution in [2.45, 2.75) is 33.2 Å². The van der Waals surface area contributed by atoms with E-state index < -0.39 is 5.97 Å². The van der Waals surface area contributed by atoms with Gasteiger partial charge in [0.1, 0.15) is 5.75 Å². The number of anilines is 1. The maximum absolute atomic E-state index is 11.0. The Hall–Kier alpha value is -1.71. The topological polar surface area (TPSA) is 49.8 Å². The summed E-state index contributed by atoms with van der Waals surface area (Å²) >= 11 is 0. The Morgan fingerprint density at radius 1 is 1.37 bits per heavy atom. The summed E-state index contributed by atoms with van der Waals surface area (Å²) < 4.78 is 5.36. The van der Waals surface area contributed by atoms with Crippen molar-refractivity contribution in [3.63, 3.8) is 0 Å². The number of hydrogen-bond donors (Lipinski definition) is 1. The molecule has 2 atom stereocenters. The Morgan fingerprint density at radius 3 is 2.47 bits per heavy atom. The van der Waals surface area contributed by atoms with Gasteiger partial charge in [0.05, 0.1) is 13.0 Å². The van der Waals surface area contributed by atoms with Crippen LogP contribution in [0.1, 0.15) is 23.1 Å². The summed E-state index contributed by atoms with van der Waals surface area (Å²) in [5, 5.41) is 9.05. The van der Waals surface area contributed by atoms with Gasteiger partial charge >= 0.3 is 5.97 Å². The van der Waals surface area contributed by atoms with Crippen molar-refractivity contribution in [2.75, 3.05) is 19.1 Å². The van der Waals surface area contributed by atoms with Crippen LogP contribution < -0.4 is 9.64 Å². The highest BCUT2D eigenvalue weighted by molar-refractivity contribution is 5.77. The second kappa shape index (κ2) is 4.76. The summed E-state index contributed by atoms with van der Waals surface area (Å²) in [4.78, 5) is 13.1. The van der Waals surface area contributed by atoms with Crippen molar-refractivity contribution in [2.24, 2.45) is 5.92 Å². The predicted octanol–water partition coefficient (Wildman–Crippen LogP) is 2.53. The molecule has 1 aromatic rings. The highest BCUT2D eigenvalue weighted by Gasteiger charge is 2.46. The number of aliphatic carboxylic acids is 1. The Balaban J connectivity index is 2.36. The van der Waals surface area contributed by atoms with Crippen LogP contribution in [0.4, 0.5) is 5.69 Å². The SMILES string of the molecule is COc1cc(C)c(N(C)C2CC2C(=O)O)c(C)c1C. The summed E-state index contributed by atoms with van der Waals surface area (Å²) in [6.07, 6.45) is 0.732. The van der Waals surface area contributed by atoms with Crippen molar-refractivity contribution >= 4 is 11.7 Å². The van der Waals surface area contributed by atoms with Gasteiger partial charge in [-0.1, -0.05) is 0 Å². The molecule has 0 bridgehead atoms. The van der Waals surface area contributed by atoms with E-state index >= 15 is 0 Å². The highest BCUT2D eigenvalue weighted by Crippen LogP contribution is 2.41. The van der Waals surface area contributed by atoms with Gasteiger partial charge in [-0.25, -0.2) is 0 Å². The molecule has 0 aliphatic heterocycles. The van der Waals surface area contributed by atoms with Gasteiger partial charge in [0.15, 0.2) is 0 Å². The normalized spacial score (nSPS) is 21.1. The van der Waals surface area contributed by atoms with Gasteiger partial charge in [0.2, 0.25) is 0 Å². The predicted molar refractivity (Wildman–Crippen MR) is 75.1 cm³/mol. The van der Waals surface area contributed by atoms with Crippen LogP contribution in [0.5, 0.6) is 5.75 Å². The van der Waals surface area contributed by atoms with Gasteiger partial charge in [0, 0.05) is 18.8 Å². The molecule has 1 saturated carbocycles. The molecule has 4 nitrogen and oxygen atoms in total. The number of methoxy groups -OCH3 is 1. The van der Waals surface area contributed by atoms with E-state index in [2.05, 4.69) is 11.8 Å². The molecule has 0 aromatic heterocycles. The lowest BCUT2D eigenvalue weighted by molar-refractivity contribution is -0.138. The van der Waals surface area contributed by atoms with Gasteiger partial charge in [-0.15, -0.1) is 0 Å². The maximum atomic E-state index is 11.0. The number of benzene rings is 1. The van der Waals surface area contributed by atoms with E-state index in [0.717, 1.165) is 34.5 Å². The second-order valence-corrected chi connectivity index (χ2v) is 5.35. The fourth-order valence-electron chi connectivity index (χ4n) is 2.83. The number of nitrogens with zero attached hydrogens (tertiary/aromatic N) is 1. The van der Waals surface area contributed by atoms with Crippen molar-refractivity contribution < 1.29 is 14.6 Å². The first kappa shape index (κ1) is 13.7. The molecule has 1 aromatic carbocycles. The molecule has 19 heavy (non-hydrogen) atoms. The molecule has 0 amide bonds. The minimum atomic E-state index is -0.697. The zero-order chi connectivity index (χ0) is 14.3. The summed E-state index contributed by atoms with van der Waals surface area (Å²) in [7, 11) is 3.65. The molecule has 0 heterocycles.